The monoisotopic (exact) mass is 292 g/mol. The van der Waals surface area contributed by atoms with Crippen molar-refractivity contribution in [1.82, 2.24) is 0 Å². The van der Waals surface area contributed by atoms with Crippen molar-refractivity contribution in [3.05, 3.63) is 58.6 Å². The molecule has 0 heterocycles. The van der Waals surface area contributed by atoms with E-state index in [1.54, 1.807) is 11.8 Å². The predicted molar refractivity (Wildman–Crippen MR) is 79.3 cm³/mol. The van der Waals surface area contributed by atoms with Gasteiger partial charge < -0.3 is 10.9 Å². The van der Waals surface area contributed by atoms with Crippen LogP contribution in [0.5, 0.6) is 0 Å². The van der Waals surface area contributed by atoms with Crippen LogP contribution in [0.3, 0.4) is 0 Å². The van der Waals surface area contributed by atoms with E-state index >= 15 is 0 Å². The molecule has 0 radical (unpaired) electrons. The van der Waals surface area contributed by atoms with Crippen LogP contribution in [0.15, 0.2) is 57.4 Å². The Bertz CT molecular complexity index is 611. The maximum atomic E-state index is 8.82. The maximum Gasteiger partial charge on any atom is 0.171 e. The van der Waals surface area contributed by atoms with Crippen molar-refractivity contribution in [2.75, 3.05) is 0 Å². The molecule has 3 nitrogen and oxygen atoms in total. The number of amidine groups is 1. The lowest BCUT2D eigenvalue weighted by atomic mass is 10.1. The first-order valence-corrected chi connectivity index (χ1v) is 6.81. The Balaban J connectivity index is 2.38. The highest BCUT2D eigenvalue weighted by Gasteiger charge is 2.09. The van der Waals surface area contributed by atoms with Gasteiger partial charge in [0.25, 0.3) is 0 Å². The van der Waals surface area contributed by atoms with Gasteiger partial charge in [-0.25, -0.2) is 0 Å². The summed E-state index contributed by atoms with van der Waals surface area (Å²) in [6.07, 6.45) is 0. The number of aryl methyl sites for hydroxylation is 1. The third kappa shape index (κ3) is 3.43. The fraction of sp³-hybridized carbons (Fsp3) is 0.0714. The molecule has 0 atom stereocenters. The molecular weight excluding hydrogens is 280 g/mol. The van der Waals surface area contributed by atoms with Gasteiger partial charge in [-0.1, -0.05) is 34.6 Å². The minimum atomic E-state index is 0.108. The number of nitrogens with two attached hydrogens (primary N) is 1. The van der Waals surface area contributed by atoms with E-state index in [2.05, 4.69) is 5.16 Å². The Morgan fingerprint density at radius 3 is 2.53 bits per heavy atom. The zero-order valence-corrected chi connectivity index (χ0v) is 11.9. The normalized spacial score (nSPS) is 11.6. The Morgan fingerprint density at radius 2 is 1.89 bits per heavy atom. The molecule has 0 aliphatic heterocycles. The first-order valence-electron chi connectivity index (χ1n) is 5.62. The van der Waals surface area contributed by atoms with Gasteiger partial charge in [0.2, 0.25) is 0 Å². The molecule has 98 valence electrons. The molecule has 0 aromatic heterocycles. The van der Waals surface area contributed by atoms with Crippen LogP contribution in [-0.4, -0.2) is 11.0 Å². The molecule has 19 heavy (non-hydrogen) atoms. The van der Waals surface area contributed by atoms with Crippen molar-refractivity contribution in [2.45, 2.75) is 16.7 Å². The summed E-state index contributed by atoms with van der Waals surface area (Å²) in [7, 11) is 0. The van der Waals surface area contributed by atoms with Gasteiger partial charge in [0.05, 0.1) is 0 Å². The fourth-order valence-corrected chi connectivity index (χ4v) is 2.79. The van der Waals surface area contributed by atoms with Crippen LogP contribution in [0.4, 0.5) is 0 Å². The summed E-state index contributed by atoms with van der Waals surface area (Å²) in [5.41, 5.74) is 7.52. The van der Waals surface area contributed by atoms with Crippen LogP contribution >= 0.6 is 23.4 Å². The number of hydrogen-bond donors (Lipinski definition) is 2. The average Bonchev–Trinajstić information content (AvgIpc) is 2.41. The van der Waals surface area contributed by atoms with Crippen LogP contribution in [0.1, 0.15) is 11.1 Å². The molecule has 2 aromatic carbocycles. The second kappa shape index (κ2) is 5.99. The molecule has 0 spiro atoms. The number of halogens is 1. The first kappa shape index (κ1) is 13.8. The predicted octanol–water partition coefficient (Wildman–Crippen LogP) is 3.89. The molecule has 5 heteroatoms. The lowest BCUT2D eigenvalue weighted by Crippen LogP contribution is -2.14. The van der Waals surface area contributed by atoms with E-state index in [1.165, 1.54) is 0 Å². The van der Waals surface area contributed by atoms with Crippen molar-refractivity contribution in [3.8, 4) is 0 Å². The molecule has 0 unspecified atom stereocenters. The minimum absolute atomic E-state index is 0.108. The average molecular weight is 293 g/mol. The first-order chi connectivity index (χ1) is 9.10. The van der Waals surface area contributed by atoms with Gasteiger partial charge in [0, 0.05) is 20.4 Å². The smallest absolute Gasteiger partial charge is 0.171 e. The Kier molecular flexibility index (Phi) is 4.35. The number of rotatable bonds is 3. The van der Waals surface area contributed by atoms with Crippen molar-refractivity contribution in [2.24, 2.45) is 10.9 Å². The summed E-state index contributed by atoms with van der Waals surface area (Å²) in [6.45, 7) is 2.00. The van der Waals surface area contributed by atoms with E-state index in [4.69, 9.17) is 22.5 Å². The number of hydrogen-bond acceptors (Lipinski definition) is 3. The maximum absolute atomic E-state index is 8.82. The van der Waals surface area contributed by atoms with Crippen LogP contribution in [-0.2, 0) is 0 Å². The number of benzene rings is 2. The topological polar surface area (TPSA) is 58.6 Å². The van der Waals surface area contributed by atoms with Crippen molar-refractivity contribution >= 4 is 29.2 Å². The summed E-state index contributed by atoms with van der Waals surface area (Å²) in [5.74, 6) is 0.108. The molecule has 0 saturated heterocycles. The van der Waals surface area contributed by atoms with Gasteiger partial charge in [0.15, 0.2) is 5.84 Å². The molecule has 0 bridgehead atoms. The summed E-state index contributed by atoms with van der Waals surface area (Å²) in [6, 6.07) is 13.3. The van der Waals surface area contributed by atoms with E-state index in [-0.39, 0.29) is 5.84 Å². The third-order valence-electron chi connectivity index (χ3n) is 2.56. The lowest BCUT2D eigenvalue weighted by molar-refractivity contribution is 0.318. The summed E-state index contributed by atoms with van der Waals surface area (Å²) >= 11 is 7.41. The third-order valence-corrected chi connectivity index (χ3v) is 3.88. The summed E-state index contributed by atoms with van der Waals surface area (Å²) in [4.78, 5) is 1.99. The summed E-state index contributed by atoms with van der Waals surface area (Å²) < 4.78 is 0. The van der Waals surface area contributed by atoms with Gasteiger partial charge in [-0.2, -0.15) is 0 Å². The van der Waals surface area contributed by atoms with Crippen molar-refractivity contribution in [1.29, 1.82) is 0 Å². The SMILES string of the molecule is Cc1ccc(C(N)=NO)c(Sc2ccc(Cl)cc2)c1. The highest BCUT2D eigenvalue weighted by atomic mass is 35.5. The number of nitrogens with zero attached hydrogens (tertiary/aromatic N) is 1. The lowest BCUT2D eigenvalue weighted by Gasteiger charge is -2.09. The van der Waals surface area contributed by atoms with Gasteiger partial charge in [-0.05, 0) is 48.9 Å². The van der Waals surface area contributed by atoms with E-state index in [1.807, 2.05) is 49.4 Å². The van der Waals surface area contributed by atoms with Crippen molar-refractivity contribution < 1.29 is 5.21 Å². The highest BCUT2D eigenvalue weighted by Crippen LogP contribution is 2.31. The zero-order chi connectivity index (χ0) is 13.8. The van der Waals surface area contributed by atoms with E-state index in [0.29, 0.717) is 10.6 Å². The minimum Gasteiger partial charge on any atom is -0.409 e. The van der Waals surface area contributed by atoms with E-state index in [0.717, 1.165) is 15.4 Å². The van der Waals surface area contributed by atoms with Crippen molar-refractivity contribution in [3.63, 3.8) is 0 Å². The number of oxime groups is 1. The van der Waals surface area contributed by atoms with Gasteiger partial charge in [-0.15, -0.1) is 0 Å². The fourth-order valence-electron chi connectivity index (χ4n) is 1.61. The molecule has 0 amide bonds. The molecule has 2 rings (SSSR count). The van der Waals surface area contributed by atoms with Crippen LogP contribution in [0.25, 0.3) is 0 Å². The Hall–Kier alpha value is -1.65. The molecule has 0 aliphatic carbocycles. The molecule has 3 N–H and O–H groups in total. The summed E-state index contributed by atoms with van der Waals surface area (Å²) in [5, 5.41) is 12.6. The van der Waals surface area contributed by atoms with Gasteiger partial charge in [-0.3, -0.25) is 0 Å². The Morgan fingerprint density at radius 1 is 1.21 bits per heavy atom. The molecule has 2 aromatic rings. The van der Waals surface area contributed by atoms with Gasteiger partial charge >= 0.3 is 0 Å². The zero-order valence-electron chi connectivity index (χ0n) is 10.3. The molecule has 0 saturated carbocycles. The van der Waals surface area contributed by atoms with E-state index in [9.17, 15) is 0 Å². The molecule has 0 fully saturated rings. The Labute approximate surface area is 121 Å². The standard InChI is InChI=1S/C14H13ClN2OS/c1-9-2-7-12(14(16)17-18)13(8-9)19-11-5-3-10(15)4-6-11/h2-8,18H,1H3,(H2,16,17). The highest BCUT2D eigenvalue weighted by molar-refractivity contribution is 7.99. The second-order valence-electron chi connectivity index (χ2n) is 4.04. The van der Waals surface area contributed by atoms with E-state index < -0.39 is 0 Å². The molecular formula is C14H13ClN2OS. The van der Waals surface area contributed by atoms with Crippen LogP contribution in [0, 0.1) is 6.92 Å². The van der Waals surface area contributed by atoms with Gasteiger partial charge in [0.1, 0.15) is 0 Å². The van der Waals surface area contributed by atoms with Crippen LogP contribution in [0.2, 0.25) is 5.02 Å². The second-order valence-corrected chi connectivity index (χ2v) is 5.59. The molecule has 0 aliphatic rings. The largest absolute Gasteiger partial charge is 0.409 e. The van der Waals surface area contributed by atoms with Crippen LogP contribution < -0.4 is 5.73 Å². The quantitative estimate of drug-likeness (QED) is 0.390.